The highest BCUT2D eigenvalue weighted by Crippen LogP contribution is 2.30. The van der Waals surface area contributed by atoms with Crippen LogP contribution in [0.5, 0.6) is 0 Å². The molecule has 0 aliphatic rings. The number of fused-ring (bicyclic) bond motifs is 6. The molecule has 6 rings (SSSR count). The Labute approximate surface area is 197 Å². The van der Waals surface area contributed by atoms with Gasteiger partial charge < -0.3 is 4.42 Å². The number of rotatable bonds is 0. The molecular weight excluding hydrogens is 400 g/mol. The summed E-state index contributed by atoms with van der Waals surface area (Å²) in [6.45, 7) is 12.2. The molecule has 5 aromatic carbocycles. The van der Waals surface area contributed by atoms with Crippen molar-refractivity contribution < 1.29 is 4.42 Å². The van der Waals surface area contributed by atoms with E-state index in [0.717, 1.165) is 11.2 Å². The van der Waals surface area contributed by atoms with Crippen molar-refractivity contribution in [3.05, 3.63) is 108 Å². The van der Waals surface area contributed by atoms with E-state index in [-0.39, 0.29) is 0 Å². The van der Waals surface area contributed by atoms with Crippen molar-refractivity contribution in [2.45, 2.75) is 41.5 Å². The second-order valence-electron chi connectivity index (χ2n) is 7.61. The maximum Gasteiger partial charge on any atom is 0.135 e. The minimum absolute atomic E-state index is 0.973. The summed E-state index contributed by atoms with van der Waals surface area (Å²) in [5, 5.41) is 7.73. The van der Waals surface area contributed by atoms with Crippen LogP contribution in [-0.4, -0.2) is 0 Å². The Balaban J connectivity index is 0.000000162. The third-order valence-electron chi connectivity index (χ3n) is 5.43. The highest BCUT2D eigenvalue weighted by atomic mass is 16.3. The van der Waals surface area contributed by atoms with Crippen LogP contribution in [0.3, 0.4) is 0 Å². The lowest BCUT2D eigenvalue weighted by Crippen LogP contribution is -1.75. The van der Waals surface area contributed by atoms with E-state index in [0.29, 0.717) is 0 Å². The lowest BCUT2D eigenvalue weighted by Gasteiger charge is -2.02. The first kappa shape index (κ1) is 24.1. The Morgan fingerprint density at radius 2 is 0.818 bits per heavy atom. The fourth-order valence-corrected chi connectivity index (χ4v) is 3.96. The molecule has 1 aromatic heterocycles. The number of furan rings is 1. The third-order valence-corrected chi connectivity index (χ3v) is 5.43. The van der Waals surface area contributed by atoms with Gasteiger partial charge in [-0.05, 0) is 59.7 Å². The lowest BCUT2D eigenvalue weighted by molar-refractivity contribution is 0.669. The summed E-state index contributed by atoms with van der Waals surface area (Å²) in [7, 11) is 0. The highest BCUT2D eigenvalue weighted by Gasteiger charge is 2.06. The standard InChI is InChI=1S/C14H12O.C14H10.2C2H6/c1-9-3-5-13-11(7-9)12-8-10(2)4-6-14(12)15-13;1-3-7-13-11(5-1)9-10-12-6-2-4-8-14(12)13;2*1-2/h3-8H,1-2H3;1-10H;2*1-2H3. The number of benzene rings is 5. The zero-order valence-corrected chi connectivity index (χ0v) is 20.6. The Bertz CT molecular complexity index is 1360. The van der Waals surface area contributed by atoms with E-state index in [1.807, 2.05) is 39.8 Å². The average Bonchev–Trinajstić information content (AvgIpc) is 3.24. The average molecular weight is 435 g/mol. The summed E-state index contributed by atoms with van der Waals surface area (Å²) in [5.74, 6) is 0. The number of hydrogen-bond donors (Lipinski definition) is 0. The molecule has 0 spiro atoms. The first-order valence-electron chi connectivity index (χ1n) is 11.9. The van der Waals surface area contributed by atoms with Crippen LogP contribution in [0.15, 0.2) is 101 Å². The van der Waals surface area contributed by atoms with E-state index in [1.165, 1.54) is 43.4 Å². The van der Waals surface area contributed by atoms with Crippen molar-refractivity contribution in [3.8, 4) is 0 Å². The maximum absolute atomic E-state index is 5.76. The zero-order valence-electron chi connectivity index (χ0n) is 20.6. The second-order valence-corrected chi connectivity index (χ2v) is 7.61. The van der Waals surface area contributed by atoms with Gasteiger partial charge in [0.05, 0.1) is 0 Å². The molecule has 0 radical (unpaired) electrons. The van der Waals surface area contributed by atoms with Crippen molar-refractivity contribution in [3.63, 3.8) is 0 Å². The van der Waals surface area contributed by atoms with Crippen molar-refractivity contribution in [2.24, 2.45) is 0 Å². The van der Waals surface area contributed by atoms with Crippen LogP contribution in [0.1, 0.15) is 38.8 Å². The quantitative estimate of drug-likeness (QED) is 0.217. The molecular formula is C32H34O. The Kier molecular flexibility index (Phi) is 8.27. The van der Waals surface area contributed by atoms with Crippen LogP contribution < -0.4 is 0 Å². The second kappa shape index (κ2) is 11.3. The Hall–Kier alpha value is -3.58. The zero-order chi connectivity index (χ0) is 23.8. The van der Waals surface area contributed by atoms with Crippen LogP contribution in [0.25, 0.3) is 43.5 Å². The molecule has 168 valence electrons. The van der Waals surface area contributed by atoms with E-state index in [9.17, 15) is 0 Å². The smallest absolute Gasteiger partial charge is 0.135 e. The van der Waals surface area contributed by atoms with E-state index in [2.05, 4.69) is 98.8 Å². The van der Waals surface area contributed by atoms with Gasteiger partial charge in [0.1, 0.15) is 11.2 Å². The summed E-state index contributed by atoms with van der Waals surface area (Å²) in [5.41, 5.74) is 4.49. The molecule has 0 amide bonds. The summed E-state index contributed by atoms with van der Waals surface area (Å²) >= 11 is 0. The summed E-state index contributed by atoms with van der Waals surface area (Å²) < 4.78 is 5.76. The van der Waals surface area contributed by atoms with Gasteiger partial charge in [-0.3, -0.25) is 0 Å². The number of aryl methyl sites for hydroxylation is 2. The van der Waals surface area contributed by atoms with Crippen molar-refractivity contribution in [1.82, 2.24) is 0 Å². The Morgan fingerprint density at radius 1 is 0.424 bits per heavy atom. The molecule has 0 saturated carbocycles. The predicted octanol–water partition coefficient (Wildman–Crippen LogP) is 10.2. The van der Waals surface area contributed by atoms with Crippen molar-refractivity contribution in [1.29, 1.82) is 0 Å². The number of hydrogen-bond acceptors (Lipinski definition) is 1. The van der Waals surface area contributed by atoms with Gasteiger partial charge in [0.2, 0.25) is 0 Å². The molecule has 33 heavy (non-hydrogen) atoms. The lowest BCUT2D eigenvalue weighted by atomic mass is 10.0. The molecule has 0 N–H and O–H groups in total. The summed E-state index contributed by atoms with van der Waals surface area (Å²) in [6.07, 6.45) is 0. The minimum Gasteiger partial charge on any atom is -0.456 e. The van der Waals surface area contributed by atoms with Gasteiger partial charge in [0, 0.05) is 10.8 Å². The van der Waals surface area contributed by atoms with Gasteiger partial charge in [0.15, 0.2) is 0 Å². The van der Waals surface area contributed by atoms with Gasteiger partial charge in [0.25, 0.3) is 0 Å². The predicted molar refractivity (Wildman–Crippen MR) is 147 cm³/mol. The van der Waals surface area contributed by atoms with E-state index >= 15 is 0 Å². The molecule has 0 saturated heterocycles. The monoisotopic (exact) mass is 434 g/mol. The topological polar surface area (TPSA) is 13.1 Å². The van der Waals surface area contributed by atoms with E-state index in [1.54, 1.807) is 0 Å². The molecule has 1 nitrogen and oxygen atoms in total. The summed E-state index contributed by atoms with van der Waals surface area (Å²) in [6, 6.07) is 34.0. The summed E-state index contributed by atoms with van der Waals surface area (Å²) in [4.78, 5) is 0. The molecule has 0 unspecified atom stereocenters. The van der Waals surface area contributed by atoms with Crippen molar-refractivity contribution in [2.75, 3.05) is 0 Å². The molecule has 0 atom stereocenters. The third kappa shape index (κ3) is 5.26. The first-order chi connectivity index (χ1) is 16.2. The van der Waals surface area contributed by atoms with Crippen LogP contribution >= 0.6 is 0 Å². The van der Waals surface area contributed by atoms with Gasteiger partial charge in [-0.25, -0.2) is 0 Å². The largest absolute Gasteiger partial charge is 0.456 e. The fourth-order valence-electron chi connectivity index (χ4n) is 3.96. The molecule has 0 bridgehead atoms. The first-order valence-corrected chi connectivity index (χ1v) is 11.9. The Morgan fingerprint density at radius 3 is 1.24 bits per heavy atom. The van der Waals surface area contributed by atoms with Crippen LogP contribution in [0, 0.1) is 13.8 Å². The van der Waals surface area contributed by atoms with E-state index in [4.69, 9.17) is 4.42 Å². The fraction of sp³-hybridized carbons (Fsp3) is 0.188. The SMILES string of the molecule is CC.CC.Cc1ccc2oc3ccc(C)cc3c2c1.c1ccc2c(c1)ccc1ccccc12. The molecule has 1 heterocycles. The molecule has 0 aliphatic heterocycles. The van der Waals surface area contributed by atoms with Crippen molar-refractivity contribution >= 4 is 43.5 Å². The van der Waals surface area contributed by atoms with E-state index < -0.39 is 0 Å². The highest BCUT2D eigenvalue weighted by molar-refractivity contribution is 6.07. The molecule has 1 heteroatoms. The van der Waals surface area contributed by atoms with Gasteiger partial charge >= 0.3 is 0 Å². The van der Waals surface area contributed by atoms with Gasteiger partial charge in [-0.1, -0.05) is 112 Å². The van der Waals surface area contributed by atoms with Gasteiger partial charge in [-0.2, -0.15) is 0 Å². The maximum atomic E-state index is 5.76. The molecule has 6 aromatic rings. The minimum atomic E-state index is 0.973. The van der Waals surface area contributed by atoms with Crippen LogP contribution in [0.2, 0.25) is 0 Å². The van der Waals surface area contributed by atoms with Gasteiger partial charge in [-0.15, -0.1) is 0 Å². The molecule has 0 aliphatic carbocycles. The van der Waals surface area contributed by atoms with Crippen LogP contribution in [-0.2, 0) is 0 Å². The normalized spacial score (nSPS) is 10.1. The van der Waals surface area contributed by atoms with Crippen LogP contribution in [0.4, 0.5) is 0 Å². The molecule has 0 fully saturated rings.